The Morgan fingerprint density at radius 1 is 1.38 bits per heavy atom. The number of aliphatic carboxylic acids is 1. The van der Waals surface area contributed by atoms with E-state index in [2.05, 4.69) is 5.16 Å². The Balaban J connectivity index is 2.26. The van der Waals surface area contributed by atoms with Crippen molar-refractivity contribution in [3.8, 4) is 0 Å². The van der Waals surface area contributed by atoms with E-state index in [9.17, 15) is 4.79 Å². The first kappa shape index (κ1) is 11.2. The molecular weight excluding hydrogens is 206 g/mol. The van der Waals surface area contributed by atoms with Crippen LogP contribution in [0.3, 0.4) is 0 Å². The predicted molar refractivity (Wildman–Crippen MR) is 58.4 cm³/mol. The van der Waals surface area contributed by atoms with E-state index in [1.165, 1.54) is 0 Å². The zero-order valence-electron chi connectivity index (χ0n) is 9.69. The molecular formula is C12H17NO3. The molecule has 0 aromatic carbocycles. The fraction of sp³-hybridized carbons (Fsp3) is 0.667. The summed E-state index contributed by atoms with van der Waals surface area (Å²) in [4.78, 5) is 10.9. The van der Waals surface area contributed by atoms with Crippen LogP contribution in [-0.4, -0.2) is 16.2 Å². The van der Waals surface area contributed by atoms with E-state index in [1.54, 1.807) is 6.92 Å². The van der Waals surface area contributed by atoms with E-state index in [0.29, 0.717) is 0 Å². The summed E-state index contributed by atoms with van der Waals surface area (Å²) in [6.07, 6.45) is 4.21. The normalized spacial score (nSPS) is 18.9. The number of aryl methyl sites for hydroxylation is 1. The van der Waals surface area contributed by atoms with Gasteiger partial charge in [-0.25, -0.2) is 0 Å². The summed E-state index contributed by atoms with van der Waals surface area (Å²) in [7, 11) is 0. The quantitative estimate of drug-likeness (QED) is 0.854. The van der Waals surface area contributed by atoms with Gasteiger partial charge in [0, 0.05) is 17.9 Å². The third-order valence-corrected chi connectivity index (χ3v) is 3.55. The third kappa shape index (κ3) is 1.84. The second kappa shape index (κ2) is 4.28. The first-order valence-corrected chi connectivity index (χ1v) is 5.81. The molecule has 0 saturated heterocycles. The second-order valence-corrected chi connectivity index (χ2v) is 4.59. The molecule has 1 heterocycles. The highest BCUT2D eigenvalue weighted by molar-refractivity contribution is 5.70. The number of fused-ring (bicyclic) bond motifs is 1. The molecule has 1 aliphatic carbocycles. The van der Waals surface area contributed by atoms with Crippen LogP contribution in [0.2, 0.25) is 0 Å². The average Bonchev–Trinajstić information content (AvgIpc) is 2.70. The first-order valence-electron chi connectivity index (χ1n) is 5.81. The monoisotopic (exact) mass is 223 g/mol. The Morgan fingerprint density at radius 2 is 2.06 bits per heavy atom. The number of carboxylic acids is 1. The van der Waals surface area contributed by atoms with Crippen LogP contribution >= 0.6 is 0 Å². The lowest BCUT2D eigenvalue weighted by Gasteiger charge is -2.16. The zero-order chi connectivity index (χ0) is 11.7. The standard InChI is InChI=1S/C12H17NO3/c1-7(8(2)12(14)15)11-9-5-3-4-6-10(9)16-13-11/h7-8H,3-6H2,1-2H3,(H,14,15). The van der Waals surface area contributed by atoms with Crippen LogP contribution in [0.5, 0.6) is 0 Å². The molecule has 0 amide bonds. The van der Waals surface area contributed by atoms with Gasteiger partial charge in [-0.3, -0.25) is 4.79 Å². The molecule has 4 nitrogen and oxygen atoms in total. The van der Waals surface area contributed by atoms with E-state index in [-0.39, 0.29) is 5.92 Å². The molecule has 4 heteroatoms. The van der Waals surface area contributed by atoms with Crippen LogP contribution in [0.4, 0.5) is 0 Å². The van der Waals surface area contributed by atoms with Crippen molar-refractivity contribution in [1.82, 2.24) is 5.16 Å². The van der Waals surface area contributed by atoms with E-state index in [1.807, 2.05) is 6.92 Å². The Bertz CT molecular complexity index is 397. The lowest BCUT2D eigenvalue weighted by atomic mass is 9.86. The molecule has 88 valence electrons. The van der Waals surface area contributed by atoms with E-state index in [0.717, 1.165) is 42.7 Å². The SMILES string of the molecule is CC(C(=O)O)C(C)c1noc2c1CCCC2. The van der Waals surface area contributed by atoms with Crippen molar-refractivity contribution < 1.29 is 14.4 Å². The summed E-state index contributed by atoms with van der Waals surface area (Å²) in [6.45, 7) is 3.63. The van der Waals surface area contributed by atoms with Gasteiger partial charge in [-0.15, -0.1) is 0 Å². The molecule has 2 unspecified atom stereocenters. The molecule has 0 saturated carbocycles. The number of carboxylic acid groups (broad SMARTS) is 1. The van der Waals surface area contributed by atoms with Gasteiger partial charge in [0.05, 0.1) is 11.6 Å². The number of hydrogen-bond donors (Lipinski definition) is 1. The summed E-state index contributed by atoms with van der Waals surface area (Å²) >= 11 is 0. The van der Waals surface area contributed by atoms with Gasteiger partial charge < -0.3 is 9.63 Å². The summed E-state index contributed by atoms with van der Waals surface area (Å²) in [5.74, 6) is -0.315. The van der Waals surface area contributed by atoms with Crippen molar-refractivity contribution in [1.29, 1.82) is 0 Å². The van der Waals surface area contributed by atoms with Gasteiger partial charge in [-0.1, -0.05) is 19.0 Å². The van der Waals surface area contributed by atoms with Crippen LogP contribution in [0.1, 0.15) is 49.6 Å². The molecule has 0 spiro atoms. The molecule has 2 atom stereocenters. The molecule has 1 aromatic heterocycles. The number of carbonyl (C=O) groups is 1. The van der Waals surface area contributed by atoms with E-state index < -0.39 is 11.9 Å². The first-order chi connectivity index (χ1) is 7.61. The molecule has 0 bridgehead atoms. The summed E-state index contributed by atoms with van der Waals surface area (Å²) < 4.78 is 5.30. The van der Waals surface area contributed by atoms with Crippen LogP contribution in [0.15, 0.2) is 4.52 Å². The Hall–Kier alpha value is -1.32. The van der Waals surface area contributed by atoms with Gasteiger partial charge in [0.1, 0.15) is 5.76 Å². The van der Waals surface area contributed by atoms with Crippen molar-refractivity contribution in [2.45, 2.75) is 45.4 Å². The Kier molecular flexibility index (Phi) is 2.99. The lowest BCUT2D eigenvalue weighted by molar-refractivity contribution is -0.141. The molecule has 16 heavy (non-hydrogen) atoms. The largest absolute Gasteiger partial charge is 0.481 e. The van der Waals surface area contributed by atoms with Gasteiger partial charge >= 0.3 is 5.97 Å². The minimum atomic E-state index is -0.778. The van der Waals surface area contributed by atoms with Crippen LogP contribution in [0.25, 0.3) is 0 Å². The smallest absolute Gasteiger partial charge is 0.306 e. The lowest BCUT2D eigenvalue weighted by Crippen LogP contribution is -2.18. The number of hydrogen-bond acceptors (Lipinski definition) is 3. The Morgan fingerprint density at radius 3 is 2.75 bits per heavy atom. The predicted octanol–water partition coefficient (Wildman–Crippen LogP) is 2.38. The number of aromatic nitrogens is 1. The van der Waals surface area contributed by atoms with Crippen molar-refractivity contribution in [2.24, 2.45) is 5.92 Å². The number of rotatable bonds is 3. The summed E-state index contributed by atoms with van der Waals surface area (Å²) in [5, 5.41) is 13.1. The molecule has 2 rings (SSSR count). The van der Waals surface area contributed by atoms with Crippen LogP contribution in [-0.2, 0) is 17.6 Å². The van der Waals surface area contributed by atoms with E-state index >= 15 is 0 Å². The fourth-order valence-electron chi connectivity index (χ4n) is 2.22. The van der Waals surface area contributed by atoms with Crippen molar-refractivity contribution in [3.05, 3.63) is 17.0 Å². The highest BCUT2D eigenvalue weighted by Crippen LogP contribution is 2.32. The van der Waals surface area contributed by atoms with Gasteiger partial charge in [-0.05, 0) is 19.3 Å². The fourth-order valence-corrected chi connectivity index (χ4v) is 2.22. The highest BCUT2D eigenvalue weighted by Gasteiger charge is 2.28. The minimum absolute atomic E-state index is 0.0805. The molecule has 0 aliphatic heterocycles. The average molecular weight is 223 g/mol. The summed E-state index contributed by atoms with van der Waals surface area (Å²) in [6, 6.07) is 0. The Labute approximate surface area is 94.6 Å². The van der Waals surface area contributed by atoms with Gasteiger partial charge in [-0.2, -0.15) is 0 Å². The maximum absolute atomic E-state index is 10.9. The second-order valence-electron chi connectivity index (χ2n) is 4.59. The minimum Gasteiger partial charge on any atom is -0.481 e. The van der Waals surface area contributed by atoms with E-state index in [4.69, 9.17) is 9.63 Å². The molecule has 0 fully saturated rings. The third-order valence-electron chi connectivity index (χ3n) is 3.55. The van der Waals surface area contributed by atoms with Gasteiger partial charge in [0.25, 0.3) is 0 Å². The highest BCUT2D eigenvalue weighted by atomic mass is 16.5. The summed E-state index contributed by atoms with van der Waals surface area (Å²) in [5.41, 5.74) is 2.01. The van der Waals surface area contributed by atoms with Crippen LogP contribution in [0, 0.1) is 5.92 Å². The van der Waals surface area contributed by atoms with Crippen molar-refractivity contribution in [3.63, 3.8) is 0 Å². The molecule has 1 aromatic rings. The zero-order valence-corrected chi connectivity index (χ0v) is 9.69. The molecule has 1 N–H and O–H groups in total. The molecule has 0 radical (unpaired) electrons. The van der Waals surface area contributed by atoms with Crippen LogP contribution < -0.4 is 0 Å². The maximum Gasteiger partial charge on any atom is 0.306 e. The topological polar surface area (TPSA) is 63.3 Å². The van der Waals surface area contributed by atoms with Gasteiger partial charge in [0.2, 0.25) is 0 Å². The van der Waals surface area contributed by atoms with Crippen molar-refractivity contribution >= 4 is 5.97 Å². The van der Waals surface area contributed by atoms with Crippen molar-refractivity contribution in [2.75, 3.05) is 0 Å². The maximum atomic E-state index is 10.9. The van der Waals surface area contributed by atoms with Gasteiger partial charge in [0.15, 0.2) is 0 Å². The number of nitrogens with zero attached hydrogens (tertiary/aromatic N) is 1. The molecule has 1 aliphatic rings.